The van der Waals surface area contributed by atoms with Gasteiger partial charge in [0, 0.05) is 6.54 Å². The highest BCUT2D eigenvalue weighted by atomic mass is 28.4. The Balaban J connectivity index is 2.19. The molecule has 2 aromatic rings. The van der Waals surface area contributed by atoms with Crippen LogP contribution < -0.4 is 15.7 Å². The van der Waals surface area contributed by atoms with Gasteiger partial charge in [0.25, 0.3) is 8.32 Å². The van der Waals surface area contributed by atoms with Crippen molar-refractivity contribution in [2.45, 2.75) is 38.3 Å². The number of rotatable bonds is 4. The number of carbonyl (C=O) groups is 1. The lowest BCUT2D eigenvalue weighted by Gasteiger charge is -2.44. The molecule has 1 amide bonds. The van der Waals surface area contributed by atoms with Gasteiger partial charge in [0.15, 0.2) is 0 Å². The molecule has 126 valence electrons. The molecule has 0 bridgehead atoms. The molecule has 0 aromatic heterocycles. The second kappa shape index (κ2) is 6.53. The van der Waals surface area contributed by atoms with Gasteiger partial charge in [0.05, 0.1) is 0 Å². The van der Waals surface area contributed by atoms with E-state index in [1.807, 2.05) is 12.1 Å². The first kappa shape index (κ1) is 16.9. The van der Waals surface area contributed by atoms with Crippen LogP contribution in [0.3, 0.4) is 0 Å². The molecule has 0 saturated carbocycles. The van der Waals surface area contributed by atoms with Crippen molar-refractivity contribution >= 4 is 24.6 Å². The summed E-state index contributed by atoms with van der Waals surface area (Å²) in [4.78, 5) is 12.2. The predicted molar refractivity (Wildman–Crippen MR) is 100 cm³/mol. The van der Waals surface area contributed by atoms with E-state index in [4.69, 9.17) is 4.43 Å². The first-order valence-corrected chi connectivity index (χ1v) is 10.4. The third-order valence-corrected chi connectivity index (χ3v) is 9.78. The van der Waals surface area contributed by atoms with Crippen LogP contribution in [0.15, 0.2) is 60.7 Å². The molecule has 1 saturated heterocycles. The van der Waals surface area contributed by atoms with Crippen molar-refractivity contribution in [1.29, 1.82) is 0 Å². The Morgan fingerprint density at radius 1 is 0.958 bits per heavy atom. The van der Waals surface area contributed by atoms with Gasteiger partial charge in [0.2, 0.25) is 5.91 Å². The van der Waals surface area contributed by atoms with Crippen LogP contribution in [-0.4, -0.2) is 26.9 Å². The molecule has 4 heteroatoms. The highest BCUT2D eigenvalue weighted by Gasteiger charge is 2.52. The lowest BCUT2D eigenvalue weighted by atomic mass is 10.2. The van der Waals surface area contributed by atoms with Crippen molar-refractivity contribution in [1.82, 2.24) is 5.32 Å². The van der Waals surface area contributed by atoms with E-state index in [-0.39, 0.29) is 17.0 Å². The zero-order valence-corrected chi connectivity index (χ0v) is 15.6. The van der Waals surface area contributed by atoms with Gasteiger partial charge in [-0.25, -0.2) is 0 Å². The summed E-state index contributed by atoms with van der Waals surface area (Å²) in [5.74, 6) is 0.0167. The predicted octanol–water partition coefficient (Wildman–Crippen LogP) is 2.45. The number of hydrogen-bond acceptors (Lipinski definition) is 2. The summed E-state index contributed by atoms with van der Waals surface area (Å²) in [5, 5.41) is 5.23. The molecule has 24 heavy (non-hydrogen) atoms. The van der Waals surface area contributed by atoms with Crippen molar-refractivity contribution in [3.63, 3.8) is 0 Å². The highest BCUT2D eigenvalue weighted by Crippen LogP contribution is 2.38. The highest BCUT2D eigenvalue weighted by molar-refractivity contribution is 6.99. The van der Waals surface area contributed by atoms with Gasteiger partial charge in [-0.1, -0.05) is 81.4 Å². The molecule has 2 aromatic carbocycles. The lowest BCUT2D eigenvalue weighted by molar-refractivity contribution is -0.125. The van der Waals surface area contributed by atoms with Crippen molar-refractivity contribution < 1.29 is 9.22 Å². The second-order valence-electron chi connectivity index (χ2n) is 7.35. The smallest absolute Gasteiger partial charge is 0.262 e. The molecule has 1 aliphatic heterocycles. The van der Waals surface area contributed by atoms with Crippen LogP contribution in [0.2, 0.25) is 5.04 Å². The van der Waals surface area contributed by atoms with E-state index >= 15 is 0 Å². The largest absolute Gasteiger partial charge is 0.395 e. The van der Waals surface area contributed by atoms with Gasteiger partial charge >= 0.3 is 0 Å². The minimum absolute atomic E-state index is 0.0167. The van der Waals surface area contributed by atoms with Crippen molar-refractivity contribution in [3.8, 4) is 0 Å². The van der Waals surface area contributed by atoms with E-state index in [0.29, 0.717) is 6.54 Å². The molecule has 1 N–H and O–H groups in total. The average molecular weight is 340 g/mol. The quantitative estimate of drug-likeness (QED) is 0.869. The molecular formula is C20H25NO2Si. The molecule has 1 atom stereocenters. The van der Waals surface area contributed by atoms with Gasteiger partial charge in [-0.05, 0) is 21.8 Å². The zero-order valence-electron chi connectivity index (χ0n) is 14.6. The molecule has 0 unspecified atom stereocenters. The van der Waals surface area contributed by atoms with E-state index in [9.17, 15) is 4.79 Å². The second-order valence-corrected chi connectivity index (χ2v) is 11.6. The zero-order chi connectivity index (χ0) is 17.2. The number of hydrogen-bond donors (Lipinski definition) is 1. The standard InChI is InChI=1S/C20H25NO2Si/c1-20(2,3)24(16-10-6-4-7-11-16,17-12-8-5-9-13-17)23-18-14-15-21-19(18)22/h4-13,18H,14-15H2,1-3H3,(H,21,22)/t18-/m1/s1. The van der Waals surface area contributed by atoms with Gasteiger partial charge < -0.3 is 9.74 Å². The van der Waals surface area contributed by atoms with Crippen LogP contribution in [0.4, 0.5) is 0 Å². The van der Waals surface area contributed by atoms with Crippen LogP contribution in [-0.2, 0) is 9.22 Å². The third-order valence-electron chi connectivity index (χ3n) is 4.73. The van der Waals surface area contributed by atoms with Crippen LogP contribution in [0, 0.1) is 0 Å². The monoisotopic (exact) mass is 339 g/mol. The molecule has 0 spiro atoms. The Labute approximate surface area is 145 Å². The summed E-state index contributed by atoms with van der Waals surface area (Å²) in [6, 6.07) is 20.9. The van der Waals surface area contributed by atoms with Crippen molar-refractivity contribution in [3.05, 3.63) is 60.7 Å². The lowest BCUT2D eigenvalue weighted by Crippen LogP contribution is -2.68. The van der Waals surface area contributed by atoms with E-state index in [2.05, 4.69) is 74.6 Å². The topological polar surface area (TPSA) is 38.3 Å². The summed E-state index contributed by atoms with van der Waals surface area (Å²) in [6.45, 7) is 7.38. The number of carbonyl (C=O) groups excluding carboxylic acids is 1. The van der Waals surface area contributed by atoms with E-state index in [1.165, 1.54) is 10.4 Å². The summed E-state index contributed by atoms with van der Waals surface area (Å²) >= 11 is 0. The molecule has 3 nitrogen and oxygen atoms in total. The Morgan fingerprint density at radius 2 is 1.46 bits per heavy atom. The number of amides is 1. The Kier molecular flexibility index (Phi) is 4.61. The maximum Gasteiger partial charge on any atom is 0.262 e. The summed E-state index contributed by atoms with van der Waals surface area (Å²) < 4.78 is 6.77. The van der Waals surface area contributed by atoms with Gasteiger partial charge in [0.1, 0.15) is 6.10 Å². The van der Waals surface area contributed by atoms with Crippen LogP contribution in [0.1, 0.15) is 27.2 Å². The maximum absolute atomic E-state index is 12.2. The summed E-state index contributed by atoms with van der Waals surface area (Å²) in [6.07, 6.45) is 0.375. The van der Waals surface area contributed by atoms with Crippen molar-refractivity contribution in [2.75, 3.05) is 6.54 Å². The maximum atomic E-state index is 12.2. The van der Waals surface area contributed by atoms with E-state index in [1.54, 1.807) is 0 Å². The summed E-state index contributed by atoms with van der Waals surface area (Å²) in [5.41, 5.74) is 0. The molecule has 0 aliphatic carbocycles. The Morgan fingerprint density at radius 3 is 1.83 bits per heavy atom. The first-order valence-electron chi connectivity index (χ1n) is 8.52. The van der Waals surface area contributed by atoms with Crippen LogP contribution >= 0.6 is 0 Å². The van der Waals surface area contributed by atoms with Gasteiger partial charge in [-0.3, -0.25) is 4.79 Å². The minimum Gasteiger partial charge on any atom is -0.395 e. The van der Waals surface area contributed by atoms with Crippen molar-refractivity contribution in [2.24, 2.45) is 0 Å². The molecule has 0 radical (unpaired) electrons. The average Bonchev–Trinajstić information content (AvgIpc) is 2.98. The minimum atomic E-state index is -2.62. The van der Waals surface area contributed by atoms with E-state index < -0.39 is 8.32 Å². The normalized spacial score (nSPS) is 18.5. The van der Waals surface area contributed by atoms with Crippen LogP contribution in [0.5, 0.6) is 0 Å². The fourth-order valence-corrected chi connectivity index (χ4v) is 8.26. The van der Waals surface area contributed by atoms with Gasteiger partial charge in [-0.15, -0.1) is 0 Å². The van der Waals surface area contributed by atoms with Gasteiger partial charge in [-0.2, -0.15) is 0 Å². The number of nitrogens with one attached hydrogen (secondary N) is 1. The molecule has 3 rings (SSSR count). The Bertz CT molecular complexity index is 655. The fraction of sp³-hybridized carbons (Fsp3) is 0.350. The number of benzene rings is 2. The first-order chi connectivity index (χ1) is 11.4. The fourth-order valence-electron chi connectivity index (χ4n) is 3.59. The third kappa shape index (κ3) is 2.92. The molecule has 1 heterocycles. The summed E-state index contributed by atoms with van der Waals surface area (Å²) in [7, 11) is -2.62. The molecule has 1 aliphatic rings. The molecule has 1 fully saturated rings. The Hall–Kier alpha value is -1.91. The van der Waals surface area contributed by atoms with Crippen LogP contribution in [0.25, 0.3) is 0 Å². The SMILES string of the molecule is CC(C)(C)[Si](O[C@@H]1CCNC1=O)(c1ccccc1)c1ccccc1. The van der Waals surface area contributed by atoms with E-state index in [0.717, 1.165) is 6.42 Å². The molecular weight excluding hydrogens is 314 g/mol.